The highest BCUT2D eigenvalue weighted by Gasteiger charge is 2.19. The maximum Gasteiger partial charge on any atom is 0.222 e. The molecule has 0 spiro atoms. The Labute approximate surface area is 100 Å². The second-order valence-corrected chi connectivity index (χ2v) is 4.78. The van der Waals surface area contributed by atoms with Crippen LogP contribution in [0.15, 0.2) is 0 Å². The van der Waals surface area contributed by atoms with Gasteiger partial charge in [0.05, 0.1) is 0 Å². The summed E-state index contributed by atoms with van der Waals surface area (Å²) in [6, 6.07) is 0.364. The van der Waals surface area contributed by atoms with Gasteiger partial charge in [0.15, 0.2) is 0 Å². The van der Waals surface area contributed by atoms with Crippen LogP contribution in [0.1, 0.15) is 53.4 Å². The van der Waals surface area contributed by atoms with Crippen molar-refractivity contribution in [3.8, 4) is 0 Å². The van der Waals surface area contributed by atoms with Crippen molar-refractivity contribution in [2.45, 2.75) is 59.4 Å². The second kappa shape index (κ2) is 8.57. The highest BCUT2D eigenvalue weighted by molar-refractivity contribution is 5.76. The van der Waals surface area contributed by atoms with Crippen molar-refractivity contribution < 1.29 is 4.79 Å². The Morgan fingerprint density at radius 2 is 1.81 bits per heavy atom. The highest BCUT2D eigenvalue weighted by Crippen LogP contribution is 2.12. The topological polar surface area (TPSA) is 46.3 Å². The molecule has 0 heterocycles. The van der Waals surface area contributed by atoms with E-state index in [1.54, 1.807) is 0 Å². The number of amides is 1. The molecule has 0 saturated carbocycles. The summed E-state index contributed by atoms with van der Waals surface area (Å²) >= 11 is 0. The molecule has 96 valence electrons. The molecule has 0 aliphatic rings. The maximum absolute atomic E-state index is 12.1. The Balaban J connectivity index is 4.32. The number of hydrogen-bond donors (Lipinski definition) is 1. The Morgan fingerprint density at radius 3 is 2.19 bits per heavy atom. The SMILES string of the molecule is CCC(CC)N(CCN)C(=O)CCC(C)C. The predicted molar refractivity (Wildman–Crippen MR) is 69.2 cm³/mol. The average molecular weight is 228 g/mol. The highest BCUT2D eigenvalue weighted by atomic mass is 16.2. The van der Waals surface area contributed by atoms with Gasteiger partial charge in [-0.3, -0.25) is 4.79 Å². The quantitative estimate of drug-likeness (QED) is 0.693. The molecule has 0 bridgehead atoms. The van der Waals surface area contributed by atoms with Gasteiger partial charge in [-0.15, -0.1) is 0 Å². The standard InChI is InChI=1S/C13H28N2O/c1-5-12(6-2)15(10-9-14)13(16)8-7-11(3)4/h11-12H,5-10,14H2,1-4H3. The van der Waals surface area contributed by atoms with E-state index in [0.717, 1.165) is 19.3 Å². The summed E-state index contributed by atoms with van der Waals surface area (Å²) in [4.78, 5) is 14.0. The monoisotopic (exact) mass is 228 g/mol. The van der Waals surface area contributed by atoms with Crippen LogP contribution in [-0.2, 0) is 4.79 Å². The van der Waals surface area contributed by atoms with Crippen molar-refractivity contribution >= 4 is 5.91 Å². The van der Waals surface area contributed by atoms with E-state index in [4.69, 9.17) is 5.73 Å². The first-order chi connectivity index (χ1) is 7.56. The molecule has 0 aliphatic heterocycles. The second-order valence-electron chi connectivity index (χ2n) is 4.78. The molecule has 0 aromatic heterocycles. The first-order valence-electron chi connectivity index (χ1n) is 6.56. The van der Waals surface area contributed by atoms with E-state index in [1.807, 2.05) is 4.90 Å². The van der Waals surface area contributed by atoms with Crippen LogP contribution in [-0.4, -0.2) is 29.9 Å². The lowest BCUT2D eigenvalue weighted by atomic mass is 10.1. The molecule has 2 N–H and O–H groups in total. The fraction of sp³-hybridized carbons (Fsp3) is 0.923. The van der Waals surface area contributed by atoms with Gasteiger partial charge in [0.25, 0.3) is 0 Å². The fourth-order valence-electron chi connectivity index (χ4n) is 1.94. The summed E-state index contributed by atoms with van der Waals surface area (Å²) in [6.45, 7) is 9.82. The largest absolute Gasteiger partial charge is 0.338 e. The van der Waals surface area contributed by atoms with Crippen LogP contribution in [0.5, 0.6) is 0 Å². The van der Waals surface area contributed by atoms with Gasteiger partial charge in [-0.05, 0) is 25.2 Å². The van der Waals surface area contributed by atoms with Crippen LogP contribution >= 0.6 is 0 Å². The van der Waals surface area contributed by atoms with Crippen molar-refractivity contribution in [1.29, 1.82) is 0 Å². The van der Waals surface area contributed by atoms with Crippen molar-refractivity contribution in [1.82, 2.24) is 4.90 Å². The van der Waals surface area contributed by atoms with E-state index in [0.29, 0.717) is 31.5 Å². The molecule has 0 atom stereocenters. The summed E-state index contributed by atoms with van der Waals surface area (Å²) < 4.78 is 0. The van der Waals surface area contributed by atoms with Crippen LogP contribution in [0.2, 0.25) is 0 Å². The van der Waals surface area contributed by atoms with Gasteiger partial charge in [0.2, 0.25) is 5.91 Å². The van der Waals surface area contributed by atoms with Crippen LogP contribution in [0.25, 0.3) is 0 Å². The number of carbonyl (C=O) groups excluding carboxylic acids is 1. The van der Waals surface area contributed by atoms with E-state index >= 15 is 0 Å². The molecule has 0 fully saturated rings. The molecule has 0 radical (unpaired) electrons. The third-order valence-electron chi connectivity index (χ3n) is 3.01. The van der Waals surface area contributed by atoms with E-state index in [9.17, 15) is 4.79 Å². The maximum atomic E-state index is 12.1. The molecule has 0 aromatic carbocycles. The van der Waals surface area contributed by atoms with E-state index in [2.05, 4.69) is 27.7 Å². The fourth-order valence-corrected chi connectivity index (χ4v) is 1.94. The minimum atomic E-state index is 0.271. The lowest BCUT2D eigenvalue weighted by Crippen LogP contribution is -2.42. The average Bonchev–Trinajstić information content (AvgIpc) is 2.26. The Morgan fingerprint density at radius 1 is 1.25 bits per heavy atom. The molecule has 0 saturated heterocycles. The third-order valence-corrected chi connectivity index (χ3v) is 3.01. The molecule has 0 rings (SSSR count). The summed E-state index contributed by atoms with van der Waals surface area (Å²) in [7, 11) is 0. The van der Waals surface area contributed by atoms with Crippen LogP contribution in [0, 0.1) is 5.92 Å². The molecular weight excluding hydrogens is 200 g/mol. The van der Waals surface area contributed by atoms with Crippen LogP contribution in [0.4, 0.5) is 0 Å². The Kier molecular flexibility index (Phi) is 8.26. The Bertz CT molecular complexity index is 188. The van der Waals surface area contributed by atoms with Crippen molar-refractivity contribution in [3.05, 3.63) is 0 Å². The minimum Gasteiger partial charge on any atom is -0.338 e. The normalized spacial score (nSPS) is 11.2. The zero-order valence-corrected chi connectivity index (χ0v) is 11.3. The molecule has 3 heteroatoms. The van der Waals surface area contributed by atoms with Crippen molar-refractivity contribution in [2.75, 3.05) is 13.1 Å². The molecule has 0 aromatic rings. The van der Waals surface area contributed by atoms with E-state index < -0.39 is 0 Å². The van der Waals surface area contributed by atoms with Gasteiger partial charge in [0.1, 0.15) is 0 Å². The molecular formula is C13H28N2O. The van der Waals surface area contributed by atoms with E-state index in [1.165, 1.54) is 0 Å². The number of nitrogens with zero attached hydrogens (tertiary/aromatic N) is 1. The summed E-state index contributed by atoms with van der Waals surface area (Å²) in [5, 5.41) is 0. The number of carbonyl (C=O) groups is 1. The van der Waals surface area contributed by atoms with Crippen LogP contribution in [0.3, 0.4) is 0 Å². The number of nitrogens with two attached hydrogens (primary N) is 1. The smallest absolute Gasteiger partial charge is 0.222 e. The third kappa shape index (κ3) is 5.50. The molecule has 16 heavy (non-hydrogen) atoms. The van der Waals surface area contributed by atoms with Crippen molar-refractivity contribution in [2.24, 2.45) is 11.7 Å². The van der Waals surface area contributed by atoms with Crippen LogP contribution < -0.4 is 5.73 Å². The summed E-state index contributed by atoms with van der Waals surface area (Å²) in [6.07, 6.45) is 3.67. The van der Waals surface area contributed by atoms with Gasteiger partial charge in [-0.2, -0.15) is 0 Å². The molecule has 1 amide bonds. The lowest BCUT2D eigenvalue weighted by Gasteiger charge is -2.30. The van der Waals surface area contributed by atoms with Crippen molar-refractivity contribution in [3.63, 3.8) is 0 Å². The predicted octanol–water partition coefficient (Wildman–Crippen LogP) is 2.40. The molecule has 0 aliphatic carbocycles. The first-order valence-corrected chi connectivity index (χ1v) is 6.56. The first kappa shape index (κ1) is 15.4. The Hall–Kier alpha value is -0.570. The van der Waals surface area contributed by atoms with Gasteiger partial charge in [0, 0.05) is 25.6 Å². The lowest BCUT2D eigenvalue weighted by molar-refractivity contribution is -0.133. The van der Waals surface area contributed by atoms with Gasteiger partial charge in [-0.1, -0.05) is 27.7 Å². The number of rotatable bonds is 8. The van der Waals surface area contributed by atoms with Gasteiger partial charge >= 0.3 is 0 Å². The zero-order chi connectivity index (χ0) is 12.6. The minimum absolute atomic E-state index is 0.271. The van der Waals surface area contributed by atoms with Gasteiger partial charge in [-0.25, -0.2) is 0 Å². The molecule has 3 nitrogen and oxygen atoms in total. The summed E-state index contributed by atoms with van der Waals surface area (Å²) in [5.74, 6) is 0.859. The molecule has 0 unspecified atom stereocenters. The zero-order valence-electron chi connectivity index (χ0n) is 11.3. The number of hydrogen-bond acceptors (Lipinski definition) is 2. The van der Waals surface area contributed by atoms with Gasteiger partial charge < -0.3 is 10.6 Å². The summed E-state index contributed by atoms with van der Waals surface area (Å²) in [5.41, 5.74) is 5.58. The van der Waals surface area contributed by atoms with E-state index in [-0.39, 0.29) is 5.91 Å².